The predicted octanol–water partition coefficient (Wildman–Crippen LogP) is 7.53. The predicted molar refractivity (Wildman–Crippen MR) is 185 cm³/mol. The molecule has 3 heterocycles. The van der Waals surface area contributed by atoms with Gasteiger partial charge < -0.3 is 23.7 Å². The average Bonchev–Trinajstić information content (AvgIpc) is 3.13. The van der Waals surface area contributed by atoms with Gasteiger partial charge in [0.05, 0.1) is 39.6 Å². The standard InChI is InChI=1S/C40H44N2O5/c1-3-11-34-32(9-1)36(26-30-14-15-39-40(27-30)47-25-23-45-21-19-43-18-20-44-22-24-46-39)33-10-2-4-12-35(33)37(34)29-42-17-6-5-13-38(42)31-8-7-16-41-28-31/h1-4,7-12,14-16,27-28,38H,5-6,13,17-26,29H2. The Balaban J connectivity index is 1.22. The molecule has 5 aromatic rings. The van der Waals surface area contributed by atoms with Gasteiger partial charge in [0, 0.05) is 25.0 Å². The third kappa shape index (κ3) is 7.60. The van der Waals surface area contributed by atoms with Crippen LogP contribution in [0.25, 0.3) is 21.5 Å². The largest absolute Gasteiger partial charge is 0.487 e. The van der Waals surface area contributed by atoms with Crippen LogP contribution < -0.4 is 9.47 Å². The molecule has 0 amide bonds. The van der Waals surface area contributed by atoms with E-state index in [1.54, 1.807) is 0 Å². The number of nitrogens with zero attached hydrogens (tertiary/aromatic N) is 2. The molecule has 1 fully saturated rings. The molecule has 244 valence electrons. The van der Waals surface area contributed by atoms with Gasteiger partial charge in [-0.2, -0.15) is 0 Å². The van der Waals surface area contributed by atoms with E-state index in [1.807, 2.05) is 18.5 Å². The van der Waals surface area contributed by atoms with Crippen molar-refractivity contribution < 1.29 is 23.7 Å². The van der Waals surface area contributed by atoms with Gasteiger partial charge in [-0.3, -0.25) is 9.88 Å². The summed E-state index contributed by atoms with van der Waals surface area (Å²) in [6.07, 6.45) is 8.33. The first kappa shape index (κ1) is 31.6. The zero-order valence-electron chi connectivity index (χ0n) is 27.1. The van der Waals surface area contributed by atoms with Crippen molar-refractivity contribution >= 4 is 21.5 Å². The summed E-state index contributed by atoms with van der Waals surface area (Å²) in [4.78, 5) is 7.13. The van der Waals surface area contributed by atoms with Crippen LogP contribution >= 0.6 is 0 Å². The van der Waals surface area contributed by atoms with Gasteiger partial charge >= 0.3 is 0 Å². The van der Waals surface area contributed by atoms with Gasteiger partial charge in [0.1, 0.15) is 13.2 Å². The van der Waals surface area contributed by atoms with Crippen molar-refractivity contribution in [3.05, 3.63) is 114 Å². The minimum absolute atomic E-state index is 0.381. The Morgan fingerprint density at radius 1 is 0.617 bits per heavy atom. The van der Waals surface area contributed by atoms with Gasteiger partial charge in [0.15, 0.2) is 11.5 Å². The summed E-state index contributed by atoms with van der Waals surface area (Å²) in [5.41, 5.74) is 5.22. The normalized spacial score (nSPS) is 18.9. The Labute approximate surface area is 277 Å². The monoisotopic (exact) mass is 632 g/mol. The molecule has 7 nitrogen and oxygen atoms in total. The highest BCUT2D eigenvalue weighted by molar-refractivity contribution is 6.06. The molecule has 2 aliphatic heterocycles. The lowest BCUT2D eigenvalue weighted by Crippen LogP contribution is -2.33. The van der Waals surface area contributed by atoms with E-state index < -0.39 is 0 Å². The summed E-state index contributed by atoms with van der Waals surface area (Å²) in [7, 11) is 0. The summed E-state index contributed by atoms with van der Waals surface area (Å²) in [6.45, 7) is 6.02. The topological polar surface area (TPSA) is 62.3 Å². The minimum atomic E-state index is 0.381. The molecule has 0 bridgehead atoms. The molecule has 0 aliphatic carbocycles. The van der Waals surface area contributed by atoms with Crippen molar-refractivity contribution in [1.82, 2.24) is 9.88 Å². The molecule has 0 spiro atoms. The Morgan fingerprint density at radius 2 is 1.23 bits per heavy atom. The Kier molecular flexibility index (Phi) is 10.6. The molecule has 0 saturated carbocycles. The summed E-state index contributed by atoms with van der Waals surface area (Å²) in [5.74, 6) is 1.45. The number of ether oxygens (including phenoxy) is 5. The first-order valence-electron chi connectivity index (χ1n) is 17.0. The van der Waals surface area contributed by atoms with Crippen LogP contribution in [-0.4, -0.2) is 69.3 Å². The number of hydrogen-bond donors (Lipinski definition) is 0. The Bertz CT molecular complexity index is 1700. The van der Waals surface area contributed by atoms with Gasteiger partial charge in [0.2, 0.25) is 0 Å². The molecule has 47 heavy (non-hydrogen) atoms. The second kappa shape index (κ2) is 15.7. The number of rotatable bonds is 5. The van der Waals surface area contributed by atoms with Gasteiger partial charge in [0.25, 0.3) is 0 Å². The van der Waals surface area contributed by atoms with Crippen molar-refractivity contribution in [1.29, 1.82) is 0 Å². The first-order chi connectivity index (χ1) is 23.3. The van der Waals surface area contributed by atoms with Gasteiger partial charge in [-0.25, -0.2) is 0 Å². The Hall–Kier alpha value is -4.01. The van der Waals surface area contributed by atoms with Crippen LogP contribution in [0.4, 0.5) is 0 Å². The molecule has 7 rings (SSSR count). The molecule has 1 aromatic heterocycles. The maximum absolute atomic E-state index is 6.23. The number of piperidine rings is 1. The molecule has 1 unspecified atom stereocenters. The van der Waals surface area contributed by atoms with E-state index in [4.69, 9.17) is 23.7 Å². The van der Waals surface area contributed by atoms with E-state index in [0.717, 1.165) is 37.4 Å². The number of pyridine rings is 1. The number of hydrogen-bond acceptors (Lipinski definition) is 7. The molecular formula is C40H44N2O5. The molecule has 7 heteroatoms. The summed E-state index contributed by atoms with van der Waals surface area (Å²) in [6, 6.07) is 28.9. The molecule has 1 atom stereocenters. The number of likely N-dealkylation sites (tertiary alicyclic amines) is 1. The van der Waals surface area contributed by atoms with E-state index >= 15 is 0 Å². The maximum Gasteiger partial charge on any atom is 0.161 e. The fourth-order valence-electron chi connectivity index (χ4n) is 7.07. The molecule has 0 radical (unpaired) electrons. The second-order valence-electron chi connectivity index (χ2n) is 12.3. The van der Waals surface area contributed by atoms with Crippen LogP contribution in [-0.2, 0) is 27.2 Å². The quantitative estimate of drug-likeness (QED) is 0.186. The highest BCUT2D eigenvalue weighted by Gasteiger charge is 2.26. The van der Waals surface area contributed by atoms with Crippen molar-refractivity contribution in [2.45, 2.75) is 38.3 Å². The van der Waals surface area contributed by atoms with Crippen LogP contribution in [0.2, 0.25) is 0 Å². The molecule has 0 N–H and O–H groups in total. The third-order valence-electron chi connectivity index (χ3n) is 9.30. The lowest BCUT2D eigenvalue weighted by atomic mass is 9.87. The van der Waals surface area contributed by atoms with Crippen molar-refractivity contribution in [2.75, 3.05) is 59.4 Å². The number of benzene rings is 4. The van der Waals surface area contributed by atoms with Gasteiger partial charge in [-0.05, 0) is 87.8 Å². The zero-order chi connectivity index (χ0) is 31.7. The summed E-state index contributed by atoms with van der Waals surface area (Å²) >= 11 is 0. The molecular weight excluding hydrogens is 588 g/mol. The zero-order valence-corrected chi connectivity index (χ0v) is 27.1. The fourth-order valence-corrected chi connectivity index (χ4v) is 7.07. The van der Waals surface area contributed by atoms with Crippen LogP contribution in [0, 0.1) is 0 Å². The lowest BCUT2D eigenvalue weighted by Gasteiger charge is -2.36. The van der Waals surface area contributed by atoms with E-state index in [2.05, 4.69) is 82.7 Å². The lowest BCUT2D eigenvalue weighted by molar-refractivity contribution is 0.00708. The van der Waals surface area contributed by atoms with Crippen molar-refractivity contribution in [3.8, 4) is 11.5 Å². The number of aromatic nitrogens is 1. The van der Waals surface area contributed by atoms with Crippen molar-refractivity contribution in [2.24, 2.45) is 0 Å². The fraction of sp³-hybridized carbons (Fsp3) is 0.375. The highest BCUT2D eigenvalue weighted by atomic mass is 16.6. The highest BCUT2D eigenvalue weighted by Crippen LogP contribution is 2.39. The van der Waals surface area contributed by atoms with Gasteiger partial charge in [-0.15, -0.1) is 0 Å². The summed E-state index contributed by atoms with van der Waals surface area (Å²) < 4.78 is 29.2. The smallest absolute Gasteiger partial charge is 0.161 e. The summed E-state index contributed by atoms with van der Waals surface area (Å²) in [5, 5.41) is 5.26. The van der Waals surface area contributed by atoms with E-state index in [9.17, 15) is 0 Å². The van der Waals surface area contributed by atoms with E-state index in [-0.39, 0.29) is 0 Å². The molecule has 4 aromatic carbocycles. The van der Waals surface area contributed by atoms with E-state index in [1.165, 1.54) is 56.6 Å². The van der Waals surface area contributed by atoms with Crippen LogP contribution in [0.1, 0.15) is 47.6 Å². The van der Waals surface area contributed by atoms with Gasteiger partial charge in [-0.1, -0.05) is 67.1 Å². The number of fused-ring (bicyclic) bond motifs is 3. The minimum Gasteiger partial charge on any atom is -0.487 e. The second-order valence-corrected chi connectivity index (χ2v) is 12.3. The third-order valence-corrected chi connectivity index (χ3v) is 9.30. The van der Waals surface area contributed by atoms with Crippen molar-refractivity contribution in [3.63, 3.8) is 0 Å². The molecule has 1 saturated heterocycles. The van der Waals surface area contributed by atoms with Crippen LogP contribution in [0.3, 0.4) is 0 Å². The van der Waals surface area contributed by atoms with Crippen LogP contribution in [0.15, 0.2) is 91.3 Å². The average molecular weight is 633 g/mol. The maximum atomic E-state index is 6.23. The van der Waals surface area contributed by atoms with Crippen LogP contribution in [0.5, 0.6) is 11.5 Å². The molecule has 2 aliphatic rings. The van der Waals surface area contributed by atoms with E-state index in [0.29, 0.717) is 58.9 Å². The SMILES string of the molecule is c1cncc(C2CCCCN2Cc2c3ccccc3c(Cc3ccc4c(c3)OCCOCCOCCOCCO4)c3ccccc23)c1. The Morgan fingerprint density at radius 3 is 1.87 bits per heavy atom. The first-order valence-corrected chi connectivity index (χ1v) is 17.0.